The van der Waals surface area contributed by atoms with Crippen molar-refractivity contribution in [3.63, 3.8) is 0 Å². The zero-order valence-electron chi connectivity index (χ0n) is 9.09. The fraction of sp³-hybridized carbons (Fsp3) is 0.500. The van der Waals surface area contributed by atoms with Crippen LogP contribution in [0.2, 0.25) is 0 Å². The predicted molar refractivity (Wildman–Crippen MR) is 59.3 cm³/mol. The molecule has 0 unspecified atom stereocenters. The molecule has 0 aromatic carbocycles. The fourth-order valence-corrected chi connectivity index (χ4v) is 1.30. The second-order valence-corrected chi connectivity index (χ2v) is 3.46. The monoisotopic (exact) mass is 205 g/mol. The van der Waals surface area contributed by atoms with E-state index in [1.54, 1.807) is 0 Å². The second kappa shape index (κ2) is 6.01. The molecule has 5 heteroatoms. The quantitative estimate of drug-likeness (QED) is 0.420. The molecule has 0 saturated carbocycles. The summed E-state index contributed by atoms with van der Waals surface area (Å²) in [5.41, 5.74) is 10.2. The molecule has 0 aliphatic carbocycles. The summed E-state index contributed by atoms with van der Waals surface area (Å²) < 4.78 is 0. The van der Waals surface area contributed by atoms with Gasteiger partial charge in [0.1, 0.15) is 0 Å². The van der Waals surface area contributed by atoms with E-state index in [0.29, 0.717) is 6.54 Å². The van der Waals surface area contributed by atoms with Crippen LogP contribution in [0.3, 0.4) is 0 Å². The summed E-state index contributed by atoms with van der Waals surface area (Å²) in [4.78, 5) is 9.19. The van der Waals surface area contributed by atoms with Gasteiger partial charge in [0.2, 0.25) is 0 Å². The van der Waals surface area contributed by atoms with Gasteiger partial charge in [-0.25, -0.2) is 0 Å². The lowest BCUT2D eigenvalue weighted by Gasteiger charge is -2.14. The first-order valence-electron chi connectivity index (χ1n) is 4.84. The van der Waals surface area contributed by atoms with E-state index in [9.17, 15) is 0 Å². The minimum atomic E-state index is 0.499. The van der Waals surface area contributed by atoms with Crippen LogP contribution in [0.25, 0.3) is 10.4 Å². The summed E-state index contributed by atoms with van der Waals surface area (Å²) in [6, 6.07) is 5.97. The summed E-state index contributed by atoms with van der Waals surface area (Å²) in [6.45, 7) is 4.00. The molecule has 0 saturated heterocycles. The number of pyridine rings is 1. The van der Waals surface area contributed by atoms with Gasteiger partial charge in [-0.2, -0.15) is 0 Å². The molecular formula is C10H15N5. The highest BCUT2D eigenvalue weighted by molar-refractivity contribution is 5.09. The van der Waals surface area contributed by atoms with Crippen molar-refractivity contribution < 1.29 is 0 Å². The molecule has 0 fully saturated rings. The molecule has 0 aliphatic rings. The molecule has 0 N–H and O–H groups in total. The van der Waals surface area contributed by atoms with Gasteiger partial charge in [-0.05, 0) is 31.6 Å². The highest BCUT2D eigenvalue weighted by Gasteiger charge is 2.00. The zero-order valence-corrected chi connectivity index (χ0v) is 9.09. The van der Waals surface area contributed by atoms with Crippen molar-refractivity contribution in [2.24, 2.45) is 5.11 Å². The molecule has 0 bridgehead atoms. The van der Waals surface area contributed by atoms with E-state index >= 15 is 0 Å². The minimum Gasteiger partial charge on any atom is -0.300 e. The molecule has 0 radical (unpaired) electrons. The Morgan fingerprint density at radius 3 is 3.00 bits per heavy atom. The van der Waals surface area contributed by atoms with Crippen molar-refractivity contribution in [1.29, 1.82) is 0 Å². The van der Waals surface area contributed by atoms with Gasteiger partial charge in [-0.1, -0.05) is 11.2 Å². The van der Waals surface area contributed by atoms with Gasteiger partial charge in [-0.3, -0.25) is 4.98 Å². The SMILES string of the molecule is Cc1cccc(CN(C)CCN=[N+]=[N-])n1. The topological polar surface area (TPSA) is 64.9 Å². The standard InChI is InChI=1S/C10H15N5/c1-9-4-3-5-10(13-9)8-15(2)7-6-12-14-11/h3-5H,6-8H2,1-2H3. The largest absolute Gasteiger partial charge is 0.300 e. The Labute approximate surface area is 89.4 Å². The Morgan fingerprint density at radius 2 is 2.33 bits per heavy atom. The average Bonchev–Trinajstić information content (AvgIpc) is 2.18. The van der Waals surface area contributed by atoms with Gasteiger partial charge >= 0.3 is 0 Å². The third kappa shape index (κ3) is 4.44. The molecule has 15 heavy (non-hydrogen) atoms. The number of nitrogens with zero attached hydrogens (tertiary/aromatic N) is 5. The molecular weight excluding hydrogens is 190 g/mol. The fourth-order valence-electron chi connectivity index (χ4n) is 1.30. The normalized spacial score (nSPS) is 10.1. The summed E-state index contributed by atoms with van der Waals surface area (Å²) in [5.74, 6) is 0. The Morgan fingerprint density at radius 1 is 1.53 bits per heavy atom. The number of aryl methyl sites for hydroxylation is 1. The van der Waals surface area contributed by atoms with Gasteiger partial charge in [0.15, 0.2) is 0 Å². The van der Waals surface area contributed by atoms with Gasteiger partial charge in [0, 0.05) is 30.2 Å². The maximum absolute atomic E-state index is 8.13. The van der Waals surface area contributed by atoms with E-state index < -0.39 is 0 Å². The Hall–Kier alpha value is -1.58. The first kappa shape index (κ1) is 11.5. The molecule has 1 heterocycles. The van der Waals surface area contributed by atoms with E-state index in [-0.39, 0.29) is 0 Å². The highest BCUT2D eigenvalue weighted by atomic mass is 15.2. The summed E-state index contributed by atoms with van der Waals surface area (Å²) in [6.07, 6.45) is 0. The summed E-state index contributed by atoms with van der Waals surface area (Å²) >= 11 is 0. The molecule has 0 atom stereocenters. The van der Waals surface area contributed by atoms with Crippen LogP contribution in [-0.4, -0.2) is 30.0 Å². The third-order valence-electron chi connectivity index (χ3n) is 2.02. The number of hydrogen-bond donors (Lipinski definition) is 0. The van der Waals surface area contributed by atoms with Gasteiger partial charge < -0.3 is 4.90 Å². The molecule has 1 aromatic rings. The zero-order chi connectivity index (χ0) is 11.1. The molecule has 1 rings (SSSR count). The van der Waals surface area contributed by atoms with Crippen LogP contribution in [0.5, 0.6) is 0 Å². The summed E-state index contributed by atoms with van der Waals surface area (Å²) in [5, 5.41) is 3.49. The van der Waals surface area contributed by atoms with Gasteiger partial charge in [0.25, 0.3) is 0 Å². The maximum Gasteiger partial charge on any atom is 0.0547 e. The van der Waals surface area contributed by atoms with Gasteiger partial charge in [0.05, 0.1) is 5.69 Å². The predicted octanol–water partition coefficient (Wildman–Crippen LogP) is 2.13. The molecule has 80 valence electrons. The lowest BCUT2D eigenvalue weighted by Crippen LogP contribution is -2.21. The van der Waals surface area contributed by atoms with Gasteiger partial charge in [-0.15, -0.1) is 0 Å². The molecule has 0 spiro atoms. The van der Waals surface area contributed by atoms with Crippen molar-refractivity contribution in [3.05, 3.63) is 40.0 Å². The molecule has 0 aliphatic heterocycles. The molecule has 1 aromatic heterocycles. The van der Waals surface area contributed by atoms with E-state index in [1.165, 1.54) is 0 Å². The smallest absolute Gasteiger partial charge is 0.0547 e. The van der Waals surface area contributed by atoms with E-state index in [4.69, 9.17) is 5.53 Å². The van der Waals surface area contributed by atoms with E-state index in [2.05, 4.69) is 19.9 Å². The Balaban J connectivity index is 2.43. The first-order chi connectivity index (χ1) is 7.22. The number of likely N-dealkylation sites (N-methyl/N-ethyl adjacent to an activating group) is 1. The third-order valence-corrected chi connectivity index (χ3v) is 2.02. The van der Waals surface area contributed by atoms with Crippen LogP contribution in [-0.2, 0) is 6.54 Å². The summed E-state index contributed by atoms with van der Waals surface area (Å²) in [7, 11) is 1.98. The van der Waals surface area contributed by atoms with Crippen molar-refractivity contribution in [2.45, 2.75) is 13.5 Å². The van der Waals surface area contributed by atoms with E-state index in [0.717, 1.165) is 24.5 Å². The molecule has 0 amide bonds. The lowest BCUT2D eigenvalue weighted by atomic mass is 10.3. The average molecular weight is 205 g/mol. The van der Waals surface area contributed by atoms with E-state index in [1.807, 2.05) is 32.2 Å². The number of rotatable bonds is 5. The Bertz CT molecular complexity index is 357. The number of aromatic nitrogens is 1. The maximum atomic E-state index is 8.13. The van der Waals surface area contributed by atoms with Crippen molar-refractivity contribution >= 4 is 0 Å². The number of hydrogen-bond acceptors (Lipinski definition) is 3. The van der Waals surface area contributed by atoms with Crippen molar-refractivity contribution in [2.75, 3.05) is 20.1 Å². The highest BCUT2D eigenvalue weighted by Crippen LogP contribution is 2.01. The van der Waals surface area contributed by atoms with Crippen molar-refractivity contribution in [3.8, 4) is 0 Å². The number of azide groups is 1. The van der Waals surface area contributed by atoms with Crippen LogP contribution >= 0.6 is 0 Å². The second-order valence-electron chi connectivity index (χ2n) is 3.46. The van der Waals surface area contributed by atoms with Crippen LogP contribution in [0.1, 0.15) is 11.4 Å². The lowest BCUT2D eigenvalue weighted by molar-refractivity contribution is 0.332. The first-order valence-corrected chi connectivity index (χ1v) is 4.84. The van der Waals surface area contributed by atoms with Crippen LogP contribution in [0, 0.1) is 6.92 Å². The van der Waals surface area contributed by atoms with Crippen molar-refractivity contribution in [1.82, 2.24) is 9.88 Å². The minimum absolute atomic E-state index is 0.499. The van der Waals surface area contributed by atoms with Crippen LogP contribution < -0.4 is 0 Å². The van der Waals surface area contributed by atoms with Crippen LogP contribution in [0.15, 0.2) is 23.3 Å². The van der Waals surface area contributed by atoms with Crippen LogP contribution in [0.4, 0.5) is 0 Å². The molecule has 5 nitrogen and oxygen atoms in total. The Kier molecular flexibility index (Phi) is 4.60.